The van der Waals surface area contributed by atoms with Crippen molar-refractivity contribution < 1.29 is 9.59 Å². The van der Waals surface area contributed by atoms with E-state index in [-0.39, 0.29) is 23.3 Å². The van der Waals surface area contributed by atoms with E-state index in [2.05, 4.69) is 10.6 Å². The summed E-state index contributed by atoms with van der Waals surface area (Å²) < 4.78 is 0. The molecule has 1 rings (SSSR count). The highest BCUT2D eigenvalue weighted by atomic mass is 16.2. The first kappa shape index (κ1) is 16.0. The number of carbonyl (C=O) groups is 2. The number of hydrogen-bond donors (Lipinski definition) is 3. The van der Waals surface area contributed by atoms with Gasteiger partial charge in [0.2, 0.25) is 11.8 Å². The summed E-state index contributed by atoms with van der Waals surface area (Å²) in [5.74, 6) is 0.386. The zero-order valence-electron chi connectivity index (χ0n) is 12.1. The van der Waals surface area contributed by atoms with E-state index >= 15 is 0 Å². The van der Waals surface area contributed by atoms with Crippen LogP contribution >= 0.6 is 0 Å². The van der Waals surface area contributed by atoms with Gasteiger partial charge >= 0.3 is 0 Å². The van der Waals surface area contributed by atoms with Crippen LogP contribution in [0.4, 0.5) is 0 Å². The minimum atomic E-state index is -0.296. The number of hydrogen-bond acceptors (Lipinski definition) is 3. The van der Waals surface area contributed by atoms with Gasteiger partial charge < -0.3 is 16.4 Å². The number of rotatable bonds is 9. The molecule has 1 aliphatic rings. The maximum Gasteiger partial charge on any atom is 0.223 e. The minimum absolute atomic E-state index is 0.0115. The molecule has 5 nitrogen and oxygen atoms in total. The molecule has 1 fully saturated rings. The molecule has 0 aromatic rings. The Morgan fingerprint density at radius 2 is 1.84 bits per heavy atom. The fraction of sp³-hybridized carbons (Fsp3) is 0.857. The molecule has 0 heterocycles. The normalized spacial score (nSPS) is 15.1. The highest BCUT2D eigenvalue weighted by Gasteiger charge is 2.29. The maximum absolute atomic E-state index is 11.6. The molecular weight excluding hydrogens is 242 g/mol. The van der Waals surface area contributed by atoms with Crippen LogP contribution in [0.2, 0.25) is 0 Å². The standard InChI is InChI=1S/C14H27N3O2/c1-3-14(15,4-2)10-17-12(18)6-5-9-16-13(19)11-7-8-11/h11H,3-10,15H2,1-2H3,(H,16,19)(H,17,18). The van der Waals surface area contributed by atoms with Gasteiger partial charge in [0.05, 0.1) is 0 Å². The molecule has 0 bridgehead atoms. The van der Waals surface area contributed by atoms with Crippen LogP contribution in [0.25, 0.3) is 0 Å². The van der Waals surface area contributed by atoms with Gasteiger partial charge in [0.15, 0.2) is 0 Å². The van der Waals surface area contributed by atoms with Crippen LogP contribution in [0.3, 0.4) is 0 Å². The van der Waals surface area contributed by atoms with Gasteiger partial charge in [-0.15, -0.1) is 0 Å². The molecular formula is C14H27N3O2. The number of amides is 2. The molecule has 0 aromatic carbocycles. The summed E-state index contributed by atoms with van der Waals surface area (Å²) in [5.41, 5.74) is 5.81. The van der Waals surface area contributed by atoms with Gasteiger partial charge in [0.1, 0.15) is 0 Å². The quantitative estimate of drug-likeness (QED) is 0.544. The van der Waals surface area contributed by atoms with E-state index in [1.165, 1.54) is 0 Å². The van der Waals surface area contributed by atoms with E-state index in [4.69, 9.17) is 5.73 Å². The van der Waals surface area contributed by atoms with E-state index in [0.717, 1.165) is 25.7 Å². The van der Waals surface area contributed by atoms with Gasteiger partial charge in [-0.25, -0.2) is 0 Å². The van der Waals surface area contributed by atoms with Gasteiger partial charge in [-0.3, -0.25) is 9.59 Å². The Hall–Kier alpha value is -1.10. The summed E-state index contributed by atoms with van der Waals surface area (Å²) >= 11 is 0. The molecule has 110 valence electrons. The van der Waals surface area contributed by atoms with E-state index in [1.807, 2.05) is 13.8 Å². The van der Waals surface area contributed by atoms with Crippen LogP contribution in [0.15, 0.2) is 0 Å². The van der Waals surface area contributed by atoms with Crippen LogP contribution in [-0.4, -0.2) is 30.4 Å². The van der Waals surface area contributed by atoms with Crippen molar-refractivity contribution in [3.8, 4) is 0 Å². The monoisotopic (exact) mass is 269 g/mol. The minimum Gasteiger partial charge on any atom is -0.356 e. The highest BCUT2D eigenvalue weighted by Crippen LogP contribution is 2.28. The summed E-state index contributed by atoms with van der Waals surface area (Å²) in [6.07, 6.45) is 4.84. The first-order valence-electron chi connectivity index (χ1n) is 7.34. The second kappa shape index (κ2) is 7.48. The molecule has 0 saturated heterocycles. The van der Waals surface area contributed by atoms with Crippen molar-refractivity contribution in [3.63, 3.8) is 0 Å². The average molecular weight is 269 g/mol. The molecule has 0 unspecified atom stereocenters. The lowest BCUT2D eigenvalue weighted by molar-refractivity contribution is -0.123. The van der Waals surface area contributed by atoms with Gasteiger partial charge in [-0.05, 0) is 32.1 Å². The third-order valence-corrected chi connectivity index (χ3v) is 3.87. The van der Waals surface area contributed by atoms with Gasteiger partial charge in [0, 0.05) is 31.0 Å². The van der Waals surface area contributed by atoms with Crippen molar-refractivity contribution in [1.82, 2.24) is 10.6 Å². The first-order chi connectivity index (χ1) is 9.00. The molecule has 5 heteroatoms. The lowest BCUT2D eigenvalue weighted by Gasteiger charge is -2.26. The predicted octanol–water partition coefficient (Wildman–Crippen LogP) is 0.927. The third-order valence-electron chi connectivity index (χ3n) is 3.87. The fourth-order valence-corrected chi connectivity index (χ4v) is 1.81. The zero-order valence-corrected chi connectivity index (χ0v) is 12.1. The van der Waals surface area contributed by atoms with Crippen LogP contribution in [0.1, 0.15) is 52.4 Å². The fourth-order valence-electron chi connectivity index (χ4n) is 1.81. The Morgan fingerprint density at radius 1 is 1.21 bits per heavy atom. The molecule has 0 aromatic heterocycles. The van der Waals surface area contributed by atoms with Crippen LogP contribution in [0, 0.1) is 5.92 Å². The number of nitrogens with two attached hydrogens (primary N) is 1. The SMILES string of the molecule is CCC(N)(CC)CNC(=O)CCCNC(=O)C1CC1. The second-order valence-electron chi connectivity index (χ2n) is 5.52. The number of carbonyl (C=O) groups excluding carboxylic acids is 2. The molecule has 4 N–H and O–H groups in total. The summed E-state index contributed by atoms with van der Waals surface area (Å²) in [6.45, 7) is 5.16. The maximum atomic E-state index is 11.6. The second-order valence-corrected chi connectivity index (χ2v) is 5.52. The van der Waals surface area contributed by atoms with Crippen molar-refractivity contribution >= 4 is 11.8 Å². The third kappa shape index (κ3) is 6.05. The van der Waals surface area contributed by atoms with Crippen molar-refractivity contribution in [2.24, 2.45) is 11.7 Å². The molecule has 2 amide bonds. The number of nitrogens with one attached hydrogen (secondary N) is 2. The van der Waals surface area contributed by atoms with Crippen molar-refractivity contribution in [3.05, 3.63) is 0 Å². The van der Waals surface area contributed by atoms with E-state index in [0.29, 0.717) is 25.9 Å². The Kier molecular flexibility index (Phi) is 6.28. The molecule has 1 saturated carbocycles. The Bertz CT molecular complexity index is 310. The lowest BCUT2D eigenvalue weighted by Crippen LogP contribution is -2.49. The van der Waals surface area contributed by atoms with E-state index in [1.54, 1.807) is 0 Å². The van der Waals surface area contributed by atoms with Gasteiger partial charge in [-0.2, -0.15) is 0 Å². The molecule has 0 atom stereocenters. The largest absolute Gasteiger partial charge is 0.356 e. The van der Waals surface area contributed by atoms with E-state index < -0.39 is 0 Å². The van der Waals surface area contributed by atoms with Gasteiger partial charge in [-0.1, -0.05) is 13.8 Å². The lowest BCUT2D eigenvalue weighted by atomic mass is 9.94. The molecule has 0 radical (unpaired) electrons. The Balaban J connectivity index is 2.05. The summed E-state index contributed by atoms with van der Waals surface area (Å²) in [7, 11) is 0. The molecule has 19 heavy (non-hydrogen) atoms. The smallest absolute Gasteiger partial charge is 0.223 e. The molecule has 0 aliphatic heterocycles. The van der Waals surface area contributed by atoms with Gasteiger partial charge in [0.25, 0.3) is 0 Å². The van der Waals surface area contributed by atoms with Crippen molar-refractivity contribution in [2.45, 2.75) is 57.9 Å². The molecule has 1 aliphatic carbocycles. The van der Waals surface area contributed by atoms with Crippen LogP contribution in [-0.2, 0) is 9.59 Å². The topological polar surface area (TPSA) is 84.2 Å². The zero-order chi connectivity index (χ0) is 14.3. The van der Waals surface area contributed by atoms with E-state index in [9.17, 15) is 9.59 Å². The van der Waals surface area contributed by atoms with Crippen LogP contribution in [0.5, 0.6) is 0 Å². The summed E-state index contributed by atoms with van der Waals surface area (Å²) in [5, 5.41) is 5.72. The predicted molar refractivity (Wildman–Crippen MR) is 75.5 cm³/mol. The Morgan fingerprint density at radius 3 is 2.37 bits per heavy atom. The molecule has 0 spiro atoms. The first-order valence-corrected chi connectivity index (χ1v) is 7.34. The van der Waals surface area contributed by atoms with Crippen molar-refractivity contribution in [2.75, 3.05) is 13.1 Å². The average Bonchev–Trinajstić information content (AvgIpc) is 3.25. The highest BCUT2D eigenvalue weighted by molar-refractivity contribution is 5.81. The Labute approximate surface area is 115 Å². The summed E-state index contributed by atoms with van der Waals surface area (Å²) in [4.78, 5) is 23.0. The summed E-state index contributed by atoms with van der Waals surface area (Å²) in [6, 6.07) is 0. The van der Waals surface area contributed by atoms with Crippen molar-refractivity contribution in [1.29, 1.82) is 0 Å². The van der Waals surface area contributed by atoms with Crippen LogP contribution < -0.4 is 16.4 Å².